The molecule has 3 nitrogen and oxygen atoms in total. The highest BCUT2D eigenvalue weighted by Gasteiger charge is 2.20. The lowest BCUT2D eigenvalue weighted by Crippen LogP contribution is -2.10. The van der Waals surface area contributed by atoms with Gasteiger partial charge in [0.05, 0.1) is 5.69 Å². The van der Waals surface area contributed by atoms with E-state index in [1.54, 1.807) is 6.20 Å². The van der Waals surface area contributed by atoms with Crippen molar-refractivity contribution in [1.82, 2.24) is 4.98 Å². The van der Waals surface area contributed by atoms with Gasteiger partial charge in [-0.3, -0.25) is 0 Å². The Morgan fingerprint density at radius 1 is 0.400 bits per heavy atom. The van der Waals surface area contributed by atoms with Crippen molar-refractivity contribution < 1.29 is 4.42 Å². The van der Waals surface area contributed by atoms with Gasteiger partial charge in [-0.15, -0.1) is 0 Å². The molecule has 234 valence electrons. The lowest BCUT2D eigenvalue weighted by atomic mass is 9.91. The molecule has 10 rings (SSSR count). The Morgan fingerprint density at radius 3 is 1.82 bits per heavy atom. The van der Waals surface area contributed by atoms with E-state index in [0.717, 1.165) is 33.4 Å². The van der Waals surface area contributed by atoms with Crippen LogP contribution in [-0.4, -0.2) is 4.98 Å². The summed E-state index contributed by atoms with van der Waals surface area (Å²) in [7, 11) is 0. The summed E-state index contributed by atoms with van der Waals surface area (Å²) in [6, 6.07) is 62.9. The molecule has 0 amide bonds. The second-order valence-corrected chi connectivity index (χ2v) is 12.8. The summed E-state index contributed by atoms with van der Waals surface area (Å²) < 4.78 is 6.47. The lowest BCUT2D eigenvalue weighted by Gasteiger charge is -2.26. The topological polar surface area (TPSA) is 29.3 Å². The molecule has 50 heavy (non-hydrogen) atoms. The summed E-state index contributed by atoms with van der Waals surface area (Å²) in [5.74, 6) is 0. The fraction of sp³-hybridized carbons (Fsp3) is 0. The number of nitrogens with zero attached hydrogens (tertiary/aromatic N) is 2. The molecule has 0 spiro atoms. The van der Waals surface area contributed by atoms with Crippen LogP contribution in [0, 0.1) is 0 Å². The van der Waals surface area contributed by atoms with Gasteiger partial charge in [0, 0.05) is 28.3 Å². The van der Waals surface area contributed by atoms with Crippen LogP contribution in [0.15, 0.2) is 187 Å². The molecule has 0 aliphatic heterocycles. The Hall–Kier alpha value is -6.71. The standard InChI is InChI=1S/C47H30N2O/c1-2-10-31(11-3-1)32-19-24-35(25-20-32)49(45-18-8-16-41-42-17-9-29-48-47(42)50-46(41)45)36-26-21-34(22-27-36)43-30-44-37-13-5-4-12-33(37)23-28-40(44)38-14-6-7-15-39(38)43/h1-30H. The highest BCUT2D eigenvalue weighted by molar-refractivity contribution is 6.21. The number of para-hydroxylation sites is 1. The molecule has 0 atom stereocenters. The van der Waals surface area contributed by atoms with Crippen LogP contribution < -0.4 is 4.90 Å². The number of hydrogen-bond acceptors (Lipinski definition) is 3. The fourth-order valence-corrected chi connectivity index (χ4v) is 7.54. The summed E-state index contributed by atoms with van der Waals surface area (Å²) in [5.41, 5.74) is 9.25. The summed E-state index contributed by atoms with van der Waals surface area (Å²) in [5, 5.41) is 9.63. The van der Waals surface area contributed by atoms with Crippen LogP contribution in [0.25, 0.3) is 76.6 Å². The fourth-order valence-electron chi connectivity index (χ4n) is 7.54. The van der Waals surface area contributed by atoms with Crippen LogP contribution in [0.2, 0.25) is 0 Å². The Kier molecular flexibility index (Phi) is 6.49. The molecule has 0 unspecified atom stereocenters. The molecule has 0 saturated carbocycles. The van der Waals surface area contributed by atoms with Crippen LogP contribution >= 0.6 is 0 Å². The van der Waals surface area contributed by atoms with E-state index in [0.29, 0.717) is 5.71 Å². The Bertz CT molecular complexity index is 2850. The van der Waals surface area contributed by atoms with Crippen molar-refractivity contribution in [3.63, 3.8) is 0 Å². The molecule has 0 radical (unpaired) electrons. The largest absolute Gasteiger partial charge is 0.435 e. The third-order valence-corrected chi connectivity index (χ3v) is 9.93. The predicted molar refractivity (Wildman–Crippen MR) is 210 cm³/mol. The van der Waals surface area contributed by atoms with Crippen LogP contribution in [0.3, 0.4) is 0 Å². The molecule has 0 fully saturated rings. The molecule has 0 N–H and O–H groups in total. The highest BCUT2D eigenvalue weighted by Crippen LogP contribution is 2.43. The maximum Gasteiger partial charge on any atom is 0.227 e. The molecule has 2 aromatic heterocycles. The number of anilines is 3. The minimum Gasteiger partial charge on any atom is -0.435 e. The van der Waals surface area contributed by atoms with Gasteiger partial charge in [0.2, 0.25) is 5.71 Å². The number of aromatic nitrogens is 1. The van der Waals surface area contributed by atoms with Gasteiger partial charge in [0.25, 0.3) is 0 Å². The normalized spacial score (nSPS) is 11.6. The summed E-state index contributed by atoms with van der Waals surface area (Å²) in [6.45, 7) is 0. The van der Waals surface area contributed by atoms with Crippen molar-refractivity contribution >= 4 is 71.4 Å². The molecular formula is C47H30N2O. The zero-order valence-electron chi connectivity index (χ0n) is 27.1. The van der Waals surface area contributed by atoms with Gasteiger partial charge in [-0.05, 0) is 103 Å². The molecule has 0 saturated heterocycles. The van der Waals surface area contributed by atoms with E-state index in [-0.39, 0.29) is 0 Å². The quantitative estimate of drug-likeness (QED) is 0.176. The number of rotatable bonds is 5. The zero-order chi connectivity index (χ0) is 33.0. The number of pyridine rings is 1. The van der Waals surface area contributed by atoms with E-state index in [4.69, 9.17) is 4.42 Å². The number of furan rings is 1. The van der Waals surface area contributed by atoms with Crippen molar-refractivity contribution in [2.24, 2.45) is 0 Å². The first-order valence-corrected chi connectivity index (χ1v) is 17.0. The minimum absolute atomic E-state index is 0.639. The van der Waals surface area contributed by atoms with E-state index in [9.17, 15) is 0 Å². The molecule has 2 heterocycles. The van der Waals surface area contributed by atoms with Gasteiger partial charge < -0.3 is 9.32 Å². The third-order valence-electron chi connectivity index (χ3n) is 9.93. The van der Waals surface area contributed by atoms with E-state index in [1.807, 2.05) is 6.07 Å². The SMILES string of the molecule is c1ccc(-c2ccc(N(c3ccc(-c4cc5c6ccccc6ccc5c5ccccc45)cc3)c3cccc4c3oc3ncccc34)cc2)cc1. The number of hydrogen-bond donors (Lipinski definition) is 0. The average molecular weight is 639 g/mol. The van der Waals surface area contributed by atoms with Gasteiger partial charge >= 0.3 is 0 Å². The van der Waals surface area contributed by atoms with Crippen molar-refractivity contribution in [2.75, 3.05) is 4.90 Å². The van der Waals surface area contributed by atoms with E-state index >= 15 is 0 Å². The zero-order valence-corrected chi connectivity index (χ0v) is 27.1. The van der Waals surface area contributed by atoms with Gasteiger partial charge in [-0.2, -0.15) is 0 Å². The van der Waals surface area contributed by atoms with Crippen molar-refractivity contribution in [1.29, 1.82) is 0 Å². The molecule has 0 aliphatic rings. The van der Waals surface area contributed by atoms with E-state index in [2.05, 4.69) is 180 Å². The van der Waals surface area contributed by atoms with Crippen molar-refractivity contribution in [3.8, 4) is 22.3 Å². The first-order chi connectivity index (χ1) is 24.8. The maximum absolute atomic E-state index is 6.47. The van der Waals surface area contributed by atoms with Crippen LogP contribution in [0.5, 0.6) is 0 Å². The first-order valence-electron chi connectivity index (χ1n) is 17.0. The van der Waals surface area contributed by atoms with Crippen LogP contribution in [0.1, 0.15) is 0 Å². The van der Waals surface area contributed by atoms with Crippen LogP contribution in [0.4, 0.5) is 17.1 Å². The summed E-state index contributed by atoms with van der Waals surface area (Å²) >= 11 is 0. The lowest BCUT2D eigenvalue weighted by molar-refractivity contribution is 0.654. The van der Waals surface area contributed by atoms with Crippen molar-refractivity contribution in [3.05, 3.63) is 182 Å². The Labute approximate surface area is 289 Å². The molecule has 0 aliphatic carbocycles. The monoisotopic (exact) mass is 638 g/mol. The van der Waals surface area contributed by atoms with Crippen LogP contribution in [-0.2, 0) is 0 Å². The highest BCUT2D eigenvalue weighted by atomic mass is 16.3. The number of benzene rings is 8. The van der Waals surface area contributed by atoms with Gasteiger partial charge in [0.1, 0.15) is 0 Å². The first kappa shape index (κ1) is 28.3. The molecule has 8 aromatic carbocycles. The van der Waals surface area contributed by atoms with Gasteiger partial charge in [0.15, 0.2) is 5.58 Å². The van der Waals surface area contributed by atoms with Gasteiger partial charge in [-0.25, -0.2) is 4.98 Å². The molecule has 3 heteroatoms. The molecular weight excluding hydrogens is 609 g/mol. The van der Waals surface area contributed by atoms with E-state index < -0.39 is 0 Å². The minimum atomic E-state index is 0.639. The Balaban J connectivity index is 1.15. The summed E-state index contributed by atoms with van der Waals surface area (Å²) in [6.07, 6.45) is 1.78. The molecule has 10 aromatic rings. The third kappa shape index (κ3) is 4.56. The smallest absolute Gasteiger partial charge is 0.227 e. The second kappa shape index (κ2) is 11.5. The average Bonchev–Trinajstić information content (AvgIpc) is 3.58. The van der Waals surface area contributed by atoms with E-state index in [1.165, 1.54) is 54.6 Å². The van der Waals surface area contributed by atoms with Crippen molar-refractivity contribution in [2.45, 2.75) is 0 Å². The molecule has 0 bridgehead atoms. The second-order valence-electron chi connectivity index (χ2n) is 12.8. The maximum atomic E-state index is 6.47. The Morgan fingerprint density at radius 2 is 1.02 bits per heavy atom. The summed E-state index contributed by atoms with van der Waals surface area (Å²) in [4.78, 5) is 6.82. The number of fused-ring (bicyclic) bond motifs is 8. The van der Waals surface area contributed by atoms with Gasteiger partial charge in [-0.1, -0.05) is 127 Å². The predicted octanol–water partition coefficient (Wildman–Crippen LogP) is 13.2.